The van der Waals surface area contributed by atoms with Crippen LogP contribution in [0, 0.1) is 5.41 Å². The minimum Gasteiger partial charge on any atom is -0.478 e. The second-order valence-corrected chi connectivity index (χ2v) is 11.4. The van der Waals surface area contributed by atoms with E-state index in [0.29, 0.717) is 36.6 Å². The molecule has 1 fully saturated rings. The molecule has 1 aromatic carbocycles. The number of aromatic nitrogens is 3. The third-order valence-corrected chi connectivity index (χ3v) is 7.75. The average Bonchev–Trinajstić information content (AvgIpc) is 3.33. The molecule has 9 nitrogen and oxygen atoms in total. The molecule has 0 unspecified atom stereocenters. The molecule has 9 heteroatoms. The number of hydrogen-bond acceptors (Lipinski definition) is 6. The van der Waals surface area contributed by atoms with E-state index in [-0.39, 0.29) is 28.2 Å². The molecular formula is C29H33N5O4. The van der Waals surface area contributed by atoms with Crippen LogP contribution in [0.3, 0.4) is 0 Å². The van der Waals surface area contributed by atoms with Crippen molar-refractivity contribution in [2.75, 3.05) is 25.5 Å². The number of carboxylic acids is 1. The quantitative estimate of drug-likeness (QED) is 0.526. The first-order valence-corrected chi connectivity index (χ1v) is 12.9. The lowest BCUT2D eigenvalue weighted by molar-refractivity contribution is 0.0515. The van der Waals surface area contributed by atoms with Crippen LogP contribution in [-0.2, 0) is 12.0 Å². The van der Waals surface area contributed by atoms with Crippen LogP contribution in [0.2, 0.25) is 0 Å². The summed E-state index contributed by atoms with van der Waals surface area (Å²) in [6.45, 7) is 7.32. The normalized spacial score (nSPS) is 16.8. The fourth-order valence-corrected chi connectivity index (χ4v) is 5.68. The van der Waals surface area contributed by atoms with Crippen molar-refractivity contribution >= 4 is 23.5 Å². The van der Waals surface area contributed by atoms with Crippen LogP contribution in [-0.4, -0.2) is 62.6 Å². The van der Waals surface area contributed by atoms with Crippen molar-refractivity contribution in [3.05, 3.63) is 65.0 Å². The Bertz CT molecular complexity index is 1410. The lowest BCUT2D eigenvalue weighted by Crippen LogP contribution is -2.46. The summed E-state index contributed by atoms with van der Waals surface area (Å²) in [5, 5.41) is 16.7. The number of Topliss-reactive ketones (excluding diaryl/α,β-unsaturated/α-hetero) is 1. The number of pyridine rings is 1. The van der Waals surface area contributed by atoms with Crippen LogP contribution in [0.1, 0.15) is 76.8 Å². The molecule has 0 bridgehead atoms. The smallest absolute Gasteiger partial charge is 0.335 e. The van der Waals surface area contributed by atoms with Gasteiger partial charge in [0.1, 0.15) is 11.5 Å². The average molecular weight is 516 g/mol. The maximum atomic E-state index is 13.5. The molecule has 3 aromatic rings. The van der Waals surface area contributed by atoms with Gasteiger partial charge < -0.3 is 15.3 Å². The Balaban J connectivity index is 1.30. The van der Waals surface area contributed by atoms with E-state index in [1.165, 1.54) is 12.1 Å². The number of carbonyl (C=O) groups excluding carboxylic acids is 2. The highest BCUT2D eigenvalue weighted by atomic mass is 16.4. The van der Waals surface area contributed by atoms with E-state index in [0.717, 1.165) is 36.1 Å². The summed E-state index contributed by atoms with van der Waals surface area (Å²) in [5.74, 6) is -0.454. The number of fused-ring (bicyclic) bond motifs is 1. The zero-order valence-electron chi connectivity index (χ0n) is 22.2. The molecule has 1 saturated heterocycles. The third-order valence-electron chi connectivity index (χ3n) is 7.75. The lowest BCUT2D eigenvalue weighted by atomic mass is 9.67. The van der Waals surface area contributed by atoms with E-state index in [1.807, 2.05) is 15.8 Å². The van der Waals surface area contributed by atoms with E-state index in [1.54, 1.807) is 31.3 Å². The SMILES string of the molecule is CNc1nc(-c2ccc(C(=O)O)cc2)ccc1C(=O)N1CCC2(CC1)CC(=O)c1c(cnn1C(C)(C)C)C2. The number of likely N-dealkylation sites (tertiary alicyclic amines) is 1. The van der Waals surface area contributed by atoms with Gasteiger partial charge in [-0.05, 0) is 69.7 Å². The molecule has 0 radical (unpaired) electrons. The highest BCUT2D eigenvalue weighted by Gasteiger charge is 2.44. The minimum atomic E-state index is -0.984. The molecule has 0 atom stereocenters. The maximum Gasteiger partial charge on any atom is 0.335 e. The summed E-state index contributed by atoms with van der Waals surface area (Å²) in [6.07, 6.45) is 4.67. The number of ketones is 1. The number of nitrogens with one attached hydrogen (secondary N) is 1. The fourth-order valence-electron chi connectivity index (χ4n) is 5.68. The van der Waals surface area contributed by atoms with Crippen molar-refractivity contribution in [2.24, 2.45) is 5.41 Å². The zero-order valence-corrected chi connectivity index (χ0v) is 22.2. The Morgan fingerprint density at radius 2 is 1.71 bits per heavy atom. The van der Waals surface area contributed by atoms with Gasteiger partial charge in [-0.1, -0.05) is 12.1 Å². The molecule has 3 heterocycles. The highest BCUT2D eigenvalue weighted by Crippen LogP contribution is 2.44. The second kappa shape index (κ2) is 9.38. The van der Waals surface area contributed by atoms with Gasteiger partial charge in [-0.25, -0.2) is 9.78 Å². The molecule has 38 heavy (non-hydrogen) atoms. The summed E-state index contributed by atoms with van der Waals surface area (Å²) in [6, 6.07) is 10.0. The Morgan fingerprint density at radius 1 is 1.03 bits per heavy atom. The van der Waals surface area contributed by atoms with Gasteiger partial charge in [-0.15, -0.1) is 0 Å². The number of nitrogens with zero attached hydrogens (tertiary/aromatic N) is 4. The Morgan fingerprint density at radius 3 is 2.32 bits per heavy atom. The Labute approximate surface area is 221 Å². The van der Waals surface area contributed by atoms with Crippen molar-refractivity contribution in [1.29, 1.82) is 0 Å². The monoisotopic (exact) mass is 515 g/mol. The number of carboxylic acid groups (broad SMARTS) is 1. The van der Waals surface area contributed by atoms with Crippen molar-refractivity contribution in [1.82, 2.24) is 19.7 Å². The van der Waals surface area contributed by atoms with Crippen LogP contribution >= 0.6 is 0 Å². The lowest BCUT2D eigenvalue weighted by Gasteiger charge is -2.43. The minimum absolute atomic E-state index is 0.0900. The predicted octanol–water partition coefficient (Wildman–Crippen LogP) is 4.49. The molecular weight excluding hydrogens is 482 g/mol. The first kappa shape index (κ1) is 25.6. The molecule has 0 saturated carbocycles. The van der Waals surface area contributed by atoms with Crippen molar-refractivity contribution < 1.29 is 19.5 Å². The molecule has 1 aliphatic heterocycles. The van der Waals surface area contributed by atoms with Gasteiger partial charge in [0, 0.05) is 37.7 Å². The highest BCUT2D eigenvalue weighted by molar-refractivity contribution is 6.00. The van der Waals surface area contributed by atoms with Crippen LogP contribution in [0.5, 0.6) is 0 Å². The van der Waals surface area contributed by atoms with Crippen LogP contribution in [0.15, 0.2) is 42.6 Å². The molecule has 1 spiro atoms. The number of piperidine rings is 1. The van der Waals surface area contributed by atoms with E-state index < -0.39 is 5.97 Å². The number of rotatable bonds is 4. The molecule has 198 valence electrons. The van der Waals surface area contributed by atoms with Gasteiger partial charge in [0.15, 0.2) is 5.78 Å². The Kier molecular flexibility index (Phi) is 6.33. The molecule has 1 amide bonds. The number of hydrogen-bond donors (Lipinski definition) is 2. The van der Waals surface area contributed by atoms with E-state index in [9.17, 15) is 14.4 Å². The Hall–Kier alpha value is -4.01. The van der Waals surface area contributed by atoms with Crippen molar-refractivity contribution in [3.8, 4) is 11.3 Å². The van der Waals surface area contributed by atoms with Crippen molar-refractivity contribution in [2.45, 2.75) is 52.0 Å². The van der Waals surface area contributed by atoms with E-state index in [2.05, 4.69) is 36.2 Å². The predicted molar refractivity (Wildman–Crippen MR) is 144 cm³/mol. The number of amides is 1. The van der Waals surface area contributed by atoms with Gasteiger partial charge in [0.05, 0.1) is 28.6 Å². The third kappa shape index (κ3) is 4.57. The van der Waals surface area contributed by atoms with Crippen LogP contribution in [0.25, 0.3) is 11.3 Å². The molecule has 5 rings (SSSR count). The first-order chi connectivity index (χ1) is 18.0. The number of aromatic carboxylic acids is 1. The van der Waals surface area contributed by atoms with Crippen LogP contribution < -0.4 is 5.32 Å². The van der Waals surface area contributed by atoms with Gasteiger partial charge in [0.2, 0.25) is 0 Å². The first-order valence-electron chi connectivity index (χ1n) is 12.9. The zero-order chi connectivity index (χ0) is 27.2. The van der Waals surface area contributed by atoms with Gasteiger partial charge in [-0.2, -0.15) is 5.10 Å². The van der Waals surface area contributed by atoms with E-state index >= 15 is 0 Å². The molecule has 2 aromatic heterocycles. The maximum absolute atomic E-state index is 13.5. The topological polar surface area (TPSA) is 117 Å². The second-order valence-electron chi connectivity index (χ2n) is 11.4. The summed E-state index contributed by atoms with van der Waals surface area (Å²) < 4.78 is 1.85. The number of anilines is 1. The summed E-state index contributed by atoms with van der Waals surface area (Å²) in [4.78, 5) is 44.3. The summed E-state index contributed by atoms with van der Waals surface area (Å²) >= 11 is 0. The number of benzene rings is 1. The molecule has 1 aliphatic carbocycles. The largest absolute Gasteiger partial charge is 0.478 e. The van der Waals surface area contributed by atoms with Crippen LogP contribution in [0.4, 0.5) is 5.82 Å². The van der Waals surface area contributed by atoms with E-state index in [4.69, 9.17) is 5.11 Å². The standard InChI is InChI=1S/C29H33N5O4/c1-28(2,3)34-24-20(17-31-34)15-29(16-23(24)35)11-13-33(14-12-29)26(36)21-9-10-22(32-25(21)30-4)18-5-7-19(8-6-18)27(37)38/h5-10,17H,11-16H2,1-4H3,(H,30,32)(H,37,38). The molecule has 2 aliphatic rings. The van der Waals surface area contributed by atoms with Crippen molar-refractivity contribution in [3.63, 3.8) is 0 Å². The molecule has 2 N–H and O–H groups in total. The van der Waals surface area contributed by atoms with Gasteiger partial charge in [0.25, 0.3) is 5.91 Å². The van der Waals surface area contributed by atoms with Gasteiger partial charge >= 0.3 is 5.97 Å². The fraction of sp³-hybridized carbons (Fsp3) is 0.414. The summed E-state index contributed by atoms with van der Waals surface area (Å²) in [7, 11) is 1.73. The van der Waals surface area contributed by atoms with Gasteiger partial charge in [-0.3, -0.25) is 14.3 Å². The summed E-state index contributed by atoms with van der Waals surface area (Å²) in [5.41, 5.74) is 3.48. The number of carbonyl (C=O) groups is 3.